The summed E-state index contributed by atoms with van der Waals surface area (Å²) < 4.78 is 2.14. The van der Waals surface area contributed by atoms with Crippen LogP contribution in [0, 0.1) is 5.92 Å². The molecular formula is C19H28Cl2N4O. The van der Waals surface area contributed by atoms with Crippen molar-refractivity contribution in [1.82, 2.24) is 20.2 Å². The van der Waals surface area contributed by atoms with Crippen LogP contribution in [0.5, 0.6) is 0 Å². The Kier molecular flexibility index (Phi) is 10.3. The Balaban J connectivity index is 0.00000169. The maximum Gasteiger partial charge on any atom is 0.224 e. The van der Waals surface area contributed by atoms with Gasteiger partial charge >= 0.3 is 0 Å². The zero-order chi connectivity index (χ0) is 16.6. The standard InChI is InChI=1S/C19H26N4O.2ClH/c24-19(17-9-4-10-20-14-17)22-15-18-21-11-13-23(18)12-5-8-16-6-2-1-3-7-16;;/h1-3,6-7,11,13,17,20H,4-5,8-10,12,14-15H2,(H,22,24);2*1H. The minimum atomic E-state index is 0. The predicted octanol–water partition coefficient (Wildman–Crippen LogP) is 2.98. The van der Waals surface area contributed by atoms with Crippen molar-refractivity contribution in [3.8, 4) is 0 Å². The minimum Gasteiger partial charge on any atom is -0.349 e. The van der Waals surface area contributed by atoms with Crippen molar-refractivity contribution in [2.24, 2.45) is 5.92 Å². The number of piperidine rings is 1. The molecule has 0 bridgehead atoms. The summed E-state index contributed by atoms with van der Waals surface area (Å²) in [6.07, 6.45) is 7.98. The van der Waals surface area contributed by atoms with E-state index in [2.05, 4.69) is 44.5 Å². The second kappa shape index (κ2) is 11.9. The number of nitrogens with zero attached hydrogens (tertiary/aromatic N) is 2. The fourth-order valence-corrected chi connectivity index (χ4v) is 3.20. The first-order valence-corrected chi connectivity index (χ1v) is 8.85. The van der Waals surface area contributed by atoms with E-state index in [4.69, 9.17) is 0 Å². The average molecular weight is 399 g/mol. The molecular weight excluding hydrogens is 371 g/mol. The maximum absolute atomic E-state index is 12.2. The van der Waals surface area contributed by atoms with Crippen LogP contribution in [0.1, 0.15) is 30.7 Å². The Bertz CT molecular complexity index is 642. The van der Waals surface area contributed by atoms with Gasteiger partial charge in [-0.1, -0.05) is 30.3 Å². The van der Waals surface area contributed by atoms with Crippen LogP contribution in [0.15, 0.2) is 42.7 Å². The number of aromatic nitrogens is 2. The highest BCUT2D eigenvalue weighted by Crippen LogP contribution is 2.10. The summed E-state index contributed by atoms with van der Waals surface area (Å²) in [6.45, 7) is 3.24. The van der Waals surface area contributed by atoms with E-state index in [1.165, 1.54) is 5.56 Å². The van der Waals surface area contributed by atoms with Crippen LogP contribution >= 0.6 is 24.8 Å². The molecule has 26 heavy (non-hydrogen) atoms. The Hall–Kier alpha value is -1.56. The molecule has 1 saturated heterocycles. The van der Waals surface area contributed by atoms with Gasteiger partial charge in [0.05, 0.1) is 12.5 Å². The van der Waals surface area contributed by atoms with Crippen molar-refractivity contribution >= 4 is 30.7 Å². The van der Waals surface area contributed by atoms with Crippen LogP contribution in [-0.2, 0) is 24.3 Å². The lowest BCUT2D eigenvalue weighted by Gasteiger charge is -2.21. The lowest BCUT2D eigenvalue weighted by molar-refractivity contribution is -0.125. The van der Waals surface area contributed by atoms with Crippen molar-refractivity contribution in [3.63, 3.8) is 0 Å². The lowest BCUT2D eigenvalue weighted by atomic mass is 9.99. The molecule has 2 aromatic rings. The smallest absolute Gasteiger partial charge is 0.224 e. The van der Waals surface area contributed by atoms with Gasteiger partial charge in [-0.15, -0.1) is 24.8 Å². The number of carbonyl (C=O) groups excluding carboxylic acids is 1. The quantitative estimate of drug-likeness (QED) is 0.753. The molecule has 1 atom stereocenters. The normalized spacial score (nSPS) is 16.2. The Morgan fingerprint density at radius 2 is 2.08 bits per heavy atom. The first-order valence-electron chi connectivity index (χ1n) is 8.85. The summed E-state index contributed by atoms with van der Waals surface area (Å²) in [7, 11) is 0. The van der Waals surface area contributed by atoms with Gasteiger partial charge in [-0.3, -0.25) is 4.79 Å². The van der Waals surface area contributed by atoms with Gasteiger partial charge in [-0.2, -0.15) is 0 Å². The van der Waals surface area contributed by atoms with E-state index >= 15 is 0 Å². The van der Waals surface area contributed by atoms with Crippen LogP contribution in [0.25, 0.3) is 0 Å². The maximum atomic E-state index is 12.2. The van der Waals surface area contributed by atoms with Crippen molar-refractivity contribution < 1.29 is 4.79 Å². The van der Waals surface area contributed by atoms with Crippen LogP contribution in [-0.4, -0.2) is 28.5 Å². The molecule has 7 heteroatoms. The molecule has 1 unspecified atom stereocenters. The first-order chi connectivity index (χ1) is 11.8. The fourth-order valence-electron chi connectivity index (χ4n) is 3.20. The molecule has 0 aliphatic carbocycles. The van der Waals surface area contributed by atoms with Crippen molar-refractivity contribution in [2.75, 3.05) is 13.1 Å². The number of benzene rings is 1. The number of hydrogen-bond donors (Lipinski definition) is 2. The summed E-state index contributed by atoms with van der Waals surface area (Å²) in [5.41, 5.74) is 1.36. The molecule has 2 N–H and O–H groups in total. The highest BCUT2D eigenvalue weighted by atomic mass is 35.5. The molecule has 1 aromatic heterocycles. The predicted molar refractivity (Wildman–Crippen MR) is 109 cm³/mol. The van der Waals surface area contributed by atoms with E-state index in [9.17, 15) is 4.79 Å². The highest BCUT2D eigenvalue weighted by molar-refractivity contribution is 5.85. The number of hydrogen-bond acceptors (Lipinski definition) is 3. The molecule has 0 radical (unpaired) electrons. The van der Waals surface area contributed by atoms with E-state index in [-0.39, 0.29) is 36.6 Å². The zero-order valence-electron chi connectivity index (χ0n) is 14.9. The SMILES string of the molecule is Cl.Cl.O=C(NCc1nccn1CCCc1ccccc1)C1CCCNC1. The second-order valence-electron chi connectivity index (χ2n) is 6.39. The topological polar surface area (TPSA) is 59.0 Å². The van der Waals surface area contributed by atoms with Gasteiger partial charge in [0.15, 0.2) is 0 Å². The van der Waals surface area contributed by atoms with Gasteiger partial charge in [0, 0.05) is 25.5 Å². The molecule has 144 valence electrons. The summed E-state index contributed by atoms with van der Waals surface area (Å²) in [4.78, 5) is 16.6. The van der Waals surface area contributed by atoms with Crippen LogP contribution in [0.4, 0.5) is 0 Å². The molecule has 0 spiro atoms. The third-order valence-corrected chi connectivity index (χ3v) is 4.60. The molecule has 0 saturated carbocycles. The fraction of sp³-hybridized carbons (Fsp3) is 0.474. The molecule has 1 amide bonds. The summed E-state index contributed by atoms with van der Waals surface area (Å²) >= 11 is 0. The van der Waals surface area contributed by atoms with Crippen LogP contribution in [0.2, 0.25) is 0 Å². The molecule has 3 rings (SSSR count). The third-order valence-electron chi connectivity index (χ3n) is 4.60. The van der Waals surface area contributed by atoms with E-state index in [0.717, 1.165) is 51.1 Å². The summed E-state index contributed by atoms with van der Waals surface area (Å²) in [5.74, 6) is 1.17. The molecule has 2 heterocycles. The third kappa shape index (κ3) is 6.63. The molecule has 1 aromatic carbocycles. The summed E-state index contributed by atoms with van der Waals surface area (Å²) in [5, 5.41) is 6.32. The Morgan fingerprint density at radius 1 is 1.27 bits per heavy atom. The molecule has 1 aliphatic rings. The minimum absolute atomic E-state index is 0. The van der Waals surface area contributed by atoms with Crippen molar-refractivity contribution in [2.45, 2.75) is 38.8 Å². The van der Waals surface area contributed by atoms with Crippen molar-refractivity contribution in [1.29, 1.82) is 0 Å². The van der Waals surface area contributed by atoms with E-state index in [0.29, 0.717) is 6.54 Å². The number of halogens is 2. The number of amides is 1. The Morgan fingerprint density at radius 3 is 2.81 bits per heavy atom. The van der Waals surface area contributed by atoms with E-state index in [1.54, 1.807) is 0 Å². The second-order valence-corrected chi connectivity index (χ2v) is 6.39. The number of carbonyl (C=O) groups is 1. The average Bonchev–Trinajstić information content (AvgIpc) is 3.09. The first kappa shape index (κ1) is 22.5. The highest BCUT2D eigenvalue weighted by Gasteiger charge is 2.20. The lowest BCUT2D eigenvalue weighted by Crippen LogP contribution is -2.40. The monoisotopic (exact) mass is 398 g/mol. The van der Waals surface area contributed by atoms with Crippen LogP contribution < -0.4 is 10.6 Å². The number of nitrogens with one attached hydrogen (secondary N) is 2. The summed E-state index contributed by atoms with van der Waals surface area (Å²) in [6, 6.07) is 10.5. The van der Waals surface area contributed by atoms with Crippen molar-refractivity contribution in [3.05, 3.63) is 54.1 Å². The molecule has 1 fully saturated rings. The molecule has 5 nitrogen and oxygen atoms in total. The molecule has 1 aliphatic heterocycles. The van der Waals surface area contributed by atoms with E-state index in [1.807, 2.05) is 18.5 Å². The largest absolute Gasteiger partial charge is 0.349 e. The number of rotatable bonds is 7. The Labute approximate surface area is 167 Å². The van der Waals surface area contributed by atoms with Gasteiger partial charge in [0.1, 0.15) is 5.82 Å². The number of imidazole rings is 1. The van der Waals surface area contributed by atoms with Gasteiger partial charge in [0.2, 0.25) is 5.91 Å². The van der Waals surface area contributed by atoms with Gasteiger partial charge in [0.25, 0.3) is 0 Å². The van der Waals surface area contributed by atoms with Gasteiger partial charge in [-0.05, 0) is 37.8 Å². The number of aryl methyl sites for hydroxylation is 2. The van der Waals surface area contributed by atoms with E-state index < -0.39 is 0 Å². The van der Waals surface area contributed by atoms with Crippen LogP contribution in [0.3, 0.4) is 0 Å². The zero-order valence-corrected chi connectivity index (χ0v) is 16.5. The van der Waals surface area contributed by atoms with Gasteiger partial charge in [-0.25, -0.2) is 4.98 Å². The van der Waals surface area contributed by atoms with Gasteiger partial charge < -0.3 is 15.2 Å².